The summed E-state index contributed by atoms with van der Waals surface area (Å²) in [6, 6.07) is 8.41. The summed E-state index contributed by atoms with van der Waals surface area (Å²) in [4.78, 5) is 4.17. The molecular weight excluding hydrogens is 248 g/mol. The zero-order valence-corrected chi connectivity index (χ0v) is 11.8. The quantitative estimate of drug-likeness (QED) is 0.878. The number of aliphatic hydroxyl groups is 1. The van der Waals surface area contributed by atoms with Crippen molar-refractivity contribution in [3.63, 3.8) is 0 Å². The van der Waals surface area contributed by atoms with Gasteiger partial charge >= 0.3 is 0 Å². The fraction of sp³-hybridized carbons (Fsp3) is 0.471. The van der Waals surface area contributed by atoms with Crippen LogP contribution in [-0.2, 0) is 6.54 Å². The zero-order chi connectivity index (χ0) is 13.8. The minimum absolute atomic E-state index is 0.117. The fourth-order valence-corrected chi connectivity index (χ4v) is 3.32. The van der Waals surface area contributed by atoms with Gasteiger partial charge in [0.1, 0.15) is 0 Å². The summed E-state index contributed by atoms with van der Waals surface area (Å²) in [6.45, 7) is 2.06. The molecule has 1 aliphatic rings. The summed E-state index contributed by atoms with van der Waals surface area (Å²) >= 11 is 0. The van der Waals surface area contributed by atoms with Crippen molar-refractivity contribution in [1.29, 1.82) is 0 Å². The normalized spacial score (nSPS) is 17.6. The Morgan fingerprint density at radius 1 is 1.20 bits per heavy atom. The van der Waals surface area contributed by atoms with Gasteiger partial charge in [-0.2, -0.15) is 0 Å². The fourth-order valence-electron chi connectivity index (χ4n) is 3.32. The van der Waals surface area contributed by atoms with Crippen LogP contribution in [0.4, 0.5) is 0 Å². The van der Waals surface area contributed by atoms with E-state index in [1.165, 1.54) is 29.2 Å². The largest absolute Gasteiger partial charge is 0.396 e. The maximum absolute atomic E-state index is 9.64. The van der Waals surface area contributed by atoms with Gasteiger partial charge in [0.25, 0.3) is 0 Å². The van der Waals surface area contributed by atoms with Gasteiger partial charge in [0.15, 0.2) is 0 Å². The lowest BCUT2D eigenvalue weighted by molar-refractivity contribution is 0.128. The van der Waals surface area contributed by atoms with Gasteiger partial charge in [-0.3, -0.25) is 4.98 Å². The molecule has 3 heteroatoms. The van der Waals surface area contributed by atoms with Crippen LogP contribution >= 0.6 is 0 Å². The average Bonchev–Trinajstić information content (AvgIpc) is 2.97. The van der Waals surface area contributed by atoms with Gasteiger partial charge in [0.2, 0.25) is 0 Å². The molecule has 20 heavy (non-hydrogen) atoms. The first-order valence-electron chi connectivity index (χ1n) is 7.46. The molecule has 0 unspecified atom stereocenters. The first-order chi connectivity index (χ1) is 9.83. The van der Waals surface area contributed by atoms with E-state index in [0.717, 1.165) is 25.9 Å². The molecule has 1 saturated carbocycles. The van der Waals surface area contributed by atoms with E-state index < -0.39 is 0 Å². The van der Waals surface area contributed by atoms with Crippen molar-refractivity contribution in [2.24, 2.45) is 5.41 Å². The minimum atomic E-state index is 0.117. The van der Waals surface area contributed by atoms with Crippen molar-refractivity contribution in [1.82, 2.24) is 10.3 Å². The zero-order valence-electron chi connectivity index (χ0n) is 11.8. The molecule has 1 aromatic carbocycles. The molecular formula is C17H22N2O. The Morgan fingerprint density at radius 3 is 2.85 bits per heavy atom. The molecule has 0 aliphatic heterocycles. The van der Waals surface area contributed by atoms with Gasteiger partial charge in [0, 0.05) is 42.9 Å². The number of nitrogens with one attached hydrogen (secondary N) is 1. The Hall–Kier alpha value is -1.45. The molecule has 2 N–H and O–H groups in total. The molecule has 3 rings (SSSR count). The van der Waals surface area contributed by atoms with E-state index in [1.807, 2.05) is 12.4 Å². The van der Waals surface area contributed by atoms with Crippen LogP contribution in [0.25, 0.3) is 10.8 Å². The summed E-state index contributed by atoms with van der Waals surface area (Å²) in [6.07, 6.45) is 8.55. The molecule has 1 aliphatic carbocycles. The maximum atomic E-state index is 9.64. The van der Waals surface area contributed by atoms with Gasteiger partial charge in [0.05, 0.1) is 0 Å². The standard InChI is InChI=1S/C17H22N2O/c20-13-17(7-1-2-8-17)12-19-11-15-5-3-4-14-10-18-9-6-16(14)15/h3-6,9-10,19-20H,1-2,7-8,11-13H2. The lowest BCUT2D eigenvalue weighted by Crippen LogP contribution is -2.34. The third-order valence-corrected chi connectivity index (χ3v) is 4.59. The molecule has 3 nitrogen and oxygen atoms in total. The highest BCUT2D eigenvalue weighted by Gasteiger charge is 2.32. The Bertz CT molecular complexity index is 571. The number of hydrogen-bond acceptors (Lipinski definition) is 3. The molecule has 1 aromatic heterocycles. The van der Waals surface area contributed by atoms with Crippen LogP contribution in [-0.4, -0.2) is 23.2 Å². The lowest BCUT2D eigenvalue weighted by atomic mass is 9.87. The Balaban J connectivity index is 1.68. The van der Waals surface area contributed by atoms with Crippen LogP contribution in [0.5, 0.6) is 0 Å². The van der Waals surface area contributed by atoms with Crippen LogP contribution in [0.3, 0.4) is 0 Å². The summed E-state index contributed by atoms with van der Waals surface area (Å²) in [5, 5.41) is 15.6. The molecule has 0 saturated heterocycles. The molecule has 0 atom stereocenters. The van der Waals surface area contributed by atoms with Gasteiger partial charge in [-0.1, -0.05) is 31.0 Å². The second kappa shape index (κ2) is 5.90. The predicted octanol–water partition coefficient (Wildman–Crippen LogP) is 2.88. The highest BCUT2D eigenvalue weighted by molar-refractivity contribution is 5.84. The second-order valence-electron chi connectivity index (χ2n) is 5.98. The van der Waals surface area contributed by atoms with Gasteiger partial charge in [-0.15, -0.1) is 0 Å². The van der Waals surface area contributed by atoms with Crippen molar-refractivity contribution in [3.05, 3.63) is 42.2 Å². The third-order valence-electron chi connectivity index (χ3n) is 4.59. The number of aliphatic hydroxyl groups excluding tert-OH is 1. The predicted molar refractivity (Wildman–Crippen MR) is 81.4 cm³/mol. The van der Waals surface area contributed by atoms with Crippen LogP contribution in [0.1, 0.15) is 31.2 Å². The number of aromatic nitrogens is 1. The molecule has 2 aromatic rings. The smallest absolute Gasteiger partial charge is 0.0499 e. The van der Waals surface area contributed by atoms with E-state index in [1.54, 1.807) is 0 Å². The monoisotopic (exact) mass is 270 g/mol. The second-order valence-corrected chi connectivity index (χ2v) is 5.98. The highest BCUT2D eigenvalue weighted by atomic mass is 16.3. The number of pyridine rings is 1. The number of rotatable bonds is 5. The van der Waals surface area contributed by atoms with Crippen LogP contribution < -0.4 is 5.32 Å². The van der Waals surface area contributed by atoms with E-state index in [-0.39, 0.29) is 5.41 Å². The molecule has 1 heterocycles. The van der Waals surface area contributed by atoms with Gasteiger partial charge in [-0.05, 0) is 29.9 Å². The van der Waals surface area contributed by atoms with Gasteiger partial charge in [-0.25, -0.2) is 0 Å². The van der Waals surface area contributed by atoms with E-state index in [4.69, 9.17) is 0 Å². The molecule has 1 fully saturated rings. The Kier molecular flexibility index (Phi) is 3.99. The first kappa shape index (κ1) is 13.5. The average molecular weight is 270 g/mol. The summed E-state index contributed by atoms with van der Waals surface area (Å²) < 4.78 is 0. The Labute approximate surface area is 120 Å². The molecule has 0 radical (unpaired) electrons. The van der Waals surface area contributed by atoms with Crippen molar-refractivity contribution < 1.29 is 5.11 Å². The van der Waals surface area contributed by atoms with E-state index >= 15 is 0 Å². The molecule has 0 spiro atoms. The SMILES string of the molecule is OCC1(CNCc2cccc3cnccc23)CCCC1. The third kappa shape index (κ3) is 2.69. The van der Waals surface area contributed by atoms with E-state index in [2.05, 4.69) is 34.6 Å². The molecule has 0 bridgehead atoms. The Morgan fingerprint density at radius 2 is 2.05 bits per heavy atom. The summed E-state index contributed by atoms with van der Waals surface area (Å²) in [5.74, 6) is 0. The molecule has 106 valence electrons. The summed E-state index contributed by atoms with van der Waals surface area (Å²) in [5.41, 5.74) is 1.42. The number of benzene rings is 1. The number of hydrogen-bond donors (Lipinski definition) is 2. The molecule has 0 amide bonds. The van der Waals surface area contributed by atoms with Crippen molar-refractivity contribution >= 4 is 10.8 Å². The van der Waals surface area contributed by atoms with E-state index in [9.17, 15) is 5.11 Å². The first-order valence-corrected chi connectivity index (χ1v) is 7.46. The maximum Gasteiger partial charge on any atom is 0.0499 e. The van der Waals surface area contributed by atoms with Crippen molar-refractivity contribution in [2.45, 2.75) is 32.2 Å². The van der Waals surface area contributed by atoms with Crippen molar-refractivity contribution in [3.8, 4) is 0 Å². The number of fused-ring (bicyclic) bond motifs is 1. The van der Waals surface area contributed by atoms with E-state index in [0.29, 0.717) is 6.61 Å². The lowest BCUT2D eigenvalue weighted by Gasteiger charge is -2.26. The highest BCUT2D eigenvalue weighted by Crippen LogP contribution is 2.37. The number of nitrogens with zero attached hydrogens (tertiary/aromatic N) is 1. The van der Waals surface area contributed by atoms with Crippen LogP contribution in [0.2, 0.25) is 0 Å². The van der Waals surface area contributed by atoms with Gasteiger partial charge < -0.3 is 10.4 Å². The van der Waals surface area contributed by atoms with Crippen LogP contribution in [0.15, 0.2) is 36.7 Å². The van der Waals surface area contributed by atoms with Crippen LogP contribution in [0, 0.1) is 5.41 Å². The topological polar surface area (TPSA) is 45.1 Å². The van der Waals surface area contributed by atoms with Crippen molar-refractivity contribution in [2.75, 3.05) is 13.2 Å². The summed E-state index contributed by atoms with van der Waals surface area (Å²) in [7, 11) is 0. The minimum Gasteiger partial charge on any atom is -0.396 e.